The Morgan fingerprint density at radius 2 is 1.84 bits per heavy atom. The molecule has 0 radical (unpaired) electrons. The van der Waals surface area contributed by atoms with Crippen molar-refractivity contribution in [1.82, 2.24) is 40.5 Å². The van der Waals surface area contributed by atoms with Gasteiger partial charge in [0, 0.05) is 18.8 Å². The van der Waals surface area contributed by atoms with Crippen LogP contribution in [0.4, 0.5) is 5.69 Å². The van der Waals surface area contributed by atoms with Crippen molar-refractivity contribution >= 4 is 28.5 Å². The molecule has 12 nitrogen and oxygen atoms in total. The highest BCUT2D eigenvalue weighted by Crippen LogP contribution is 2.32. The Morgan fingerprint density at radius 3 is 2.55 bits per heavy atom. The van der Waals surface area contributed by atoms with Gasteiger partial charge in [0.2, 0.25) is 11.8 Å². The van der Waals surface area contributed by atoms with Crippen LogP contribution in [0.1, 0.15) is 55.3 Å². The smallest absolute Gasteiger partial charge is 0.249 e. The van der Waals surface area contributed by atoms with Crippen molar-refractivity contribution in [2.45, 2.75) is 58.2 Å². The minimum absolute atomic E-state index is 0.0496. The van der Waals surface area contributed by atoms with E-state index in [1.54, 1.807) is 14.3 Å². The number of fused-ring (bicyclic) bond motifs is 1. The van der Waals surface area contributed by atoms with Crippen molar-refractivity contribution in [3.05, 3.63) is 89.7 Å². The summed E-state index contributed by atoms with van der Waals surface area (Å²) in [5, 5.41) is 23.1. The van der Waals surface area contributed by atoms with E-state index in [1.165, 1.54) is 6.33 Å². The molecule has 44 heavy (non-hydrogen) atoms. The molecule has 0 bridgehead atoms. The minimum Gasteiger partial charge on any atom is -0.376 e. The van der Waals surface area contributed by atoms with Crippen molar-refractivity contribution < 1.29 is 14.3 Å². The average molecular weight is 594 g/mol. The number of para-hydroxylation sites is 1. The molecule has 5 aromatic rings. The van der Waals surface area contributed by atoms with Crippen LogP contribution < -0.4 is 10.2 Å². The molecule has 226 valence electrons. The standard InChI is InChI=1S/C32H35N9O3/c1-21(2)23-10-12-24(13-11-23)31(32(43)33-18-26-7-6-16-44-26)41(25-14-15-28(22(3)17-25)40-20-34-36-38-40)30(42)19-39-29-9-5-4-8-27(29)35-37-39/h4-5,8-15,17,20-21,26,31H,6-7,16,18-19H2,1-3H3,(H,33,43)/t26-,31-/m0/s1. The molecule has 2 amide bonds. The zero-order valence-corrected chi connectivity index (χ0v) is 25.0. The van der Waals surface area contributed by atoms with Crippen LogP contribution in [0.2, 0.25) is 0 Å². The van der Waals surface area contributed by atoms with Crippen LogP contribution in [0.25, 0.3) is 16.7 Å². The number of carbonyl (C=O) groups excluding carboxylic acids is 2. The quantitative estimate of drug-likeness (QED) is 0.258. The second-order valence-electron chi connectivity index (χ2n) is 11.3. The third kappa shape index (κ3) is 6.06. The fourth-order valence-corrected chi connectivity index (χ4v) is 5.59. The molecule has 1 aliphatic rings. The van der Waals surface area contributed by atoms with Crippen LogP contribution in [0.3, 0.4) is 0 Å². The summed E-state index contributed by atoms with van der Waals surface area (Å²) in [5.41, 5.74) is 5.38. The Morgan fingerprint density at radius 1 is 1.05 bits per heavy atom. The van der Waals surface area contributed by atoms with Gasteiger partial charge in [-0.05, 0) is 83.1 Å². The number of anilines is 1. The first-order chi connectivity index (χ1) is 21.4. The minimum atomic E-state index is -0.960. The van der Waals surface area contributed by atoms with Gasteiger partial charge in [-0.2, -0.15) is 0 Å². The Labute approximate surface area is 255 Å². The maximum atomic E-state index is 14.4. The highest BCUT2D eigenvalue weighted by Gasteiger charge is 2.34. The monoisotopic (exact) mass is 593 g/mol. The van der Waals surface area contributed by atoms with E-state index in [4.69, 9.17) is 4.74 Å². The van der Waals surface area contributed by atoms with Gasteiger partial charge in [-0.1, -0.05) is 55.5 Å². The highest BCUT2D eigenvalue weighted by atomic mass is 16.5. The number of hydrogen-bond acceptors (Lipinski definition) is 8. The van der Waals surface area contributed by atoms with Crippen molar-refractivity contribution in [2.24, 2.45) is 0 Å². The topological polar surface area (TPSA) is 133 Å². The zero-order valence-electron chi connectivity index (χ0n) is 25.0. The van der Waals surface area contributed by atoms with E-state index in [0.717, 1.165) is 35.2 Å². The predicted molar refractivity (Wildman–Crippen MR) is 164 cm³/mol. The number of carbonyl (C=O) groups is 2. The average Bonchev–Trinajstić information content (AvgIpc) is 3.82. The molecule has 12 heteroatoms. The molecule has 3 heterocycles. The van der Waals surface area contributed by atoms with Gasteiger partial charge in [-0.3, -0.25) is 14.5 Å². The maximum Gasteiger partial charge on any atom is 0.249 e. The van der Waals surface area contributed by atoms with E-state index in [1.807, 2.05) is 73.7 Å². The van der Waals surface area contributed by atoms with E-state index in [9.17, 15) is 9.59 Å². The first-order valence-electron chi connectivity index (χ1n) is 14.8. The molecule has 2 atom stereocenters. The van der Waals surface area contributed by atoms with Gasteiger partial charge in [0.1, 0.15) is 24.4 Å². The van der Waals surface area contributed by atoms with Crippen molar-refractivity contribution in [1.29, 1.82) is 0 Å². The number of hydrogen-bond donors (Lipinski definition) is 1. The number of aromatic nitrogens is 7. The van der Waals surface area contributed by atoms with Crippen molar-refractivity contribution in [3.8, 4) is 5.69 Å². The van der Waals surface area contributed by atoms with Crippen molar-refractivity contribution in [2.75, 3.05) is 18.1 Å². The molecule has 1 fully saturated rings. The van der Waals surface area contributed by atoms with Crippen LogP contribution in [0.15, 0.2) is 73.1 Å². The Balaban J connectivity index is 1.43. The maximum absolute atomic E-state index is 14.4. The zero-order chi connectivity index (χ0) is 30.6. The molecule has 1 aliphatic heterocycles. The number of amides is 2. The summed E-state index contributed by atoms with van der Waals surface area (Å²) in [5.74, 6) is -0.298. The number of benzene rings is 3. The summed E-state index contributed by atoms with van der Waals surface area (Å²) < 4.78 is 8.89. The summed E-state index contributed by atoms with van der Waals surface area (Å²) >= 11 is 0. The lowest BCUT2D eigenvalue weighted by molar-refractivity contribution is -0.127. The van der Waals surface area contributed by atoms with E-state index in [-0.39, 0.29) is 24.5 Å². The van der Waals surface area contributed by atoms with Crippen LogP contribution >= 0.6 is 0 Å². The molecule has 0 spiro atoms. The molecule has 1 saturated heterocycles. The lowest BCUT2D eigenvalue weighted by Gasteiger charge is -2.32. The van der Waals surface area contributed by atoms with Gasteiger partial charge in [-0.15, -0.1) is 10.2 Å². The first kappa shape index (κ1) is 29.1. The summed E-state index contributed by atoms with van der Waals surface area (Å²) in [6.07, 6.45) is 3.31. The Kier molecular flexibility index (Phi) is 8.42. The third-order valence-electron chi connectivity index (χ3n) is 7.98. The van der Waals surface area contributed by atoms with Gasteiger partial charge in [0.15, 0.2) is 0 Å². The van der Waals surface area contributed by atoms with E-state index >= 15 is 0 Å². The SMILES string of the molecule is Cc1cc(N(C(=O)Cn2nnc3ccccc32)[C@H](C(=O)NC[C@@H]2CCCO2)c2ccc(C(C)C)cc2)ccc1-n1cnnn1. The summed E-state index contributed by atoms with van der Waals surface area (Å²) in [7, 11) is 0. The second-order valence-corrected chi connectivity index (χ2v) is 11.3. The number of rotatable bonds is 10. The van der Waals surface area contributed by atoms with Crippen LogP contribution in [0.5, 0.6) is 0 Å². The number of ether oxygens (including phenoxy) is 1. The Hall–Kier alpha value is -4.97. The summed E-state index contributed by atoms with van der Waals surface area (Å²) in [6, 6.07) is 19.9. The van der Waals surface area contributed by atoms with Gasteiger partial charge in [-0.25, -0.2) is 9.36 Å². The summed E-state index contributed by atoms with van der Waals surface area (Å²) in [6.45, 7) is 7.09. The van der Waals surface area contributed by atoms with Gasteiger partial charge in [0.05, 0.1) is 17.3 Å². The molecule has 1 N–H and O–H groups in total. The third-order valence-corrected chi connectivity index (χ3v) is 7.98. The van der Waals surface area contributed by atoms with Gasteiger partial charge >= 0.3 is 0 Å². The molecule has 0 unspecified atom stereocenters. The molecule has 0 aliphatic carbocycles. The number of nitrogens with zero attached hydrogens (tertiary/aromatic N) is 8. The lowest BCUT2D eigenvalue weighted by atomic mass is 9.97. The largest absolute Gasteiger partial charge is 0.376 e. The predicted octanol–water partition coefficient (Wildman–Crippen LogP) is 3.91. The second kappa shape index (κ2) is 12.7. The number of nitrogens with one attached hydrogen (secondary N) is 1. The normalized spacial score (nSPS) is 15.5. The first-order valence-corrected chi connectivity index (χ1v) is 14.8. The molecule has 3 aromatic carbocycles. The summed E-state index contributed by atoms with van der Waals surface area (Å²) in [4.78, 5) is 30.2. The van der Waals surface area contributed by atoms with Crippen LogP contribution in [-0.4, -0.2) is 66.3 Å². The van der Waals surface area contributed by atoms with Crippen molar-refractivity contribution in [3.63, 3.8) is 0 Å². The molecular formula is C32H35N9O3. The fourth-order valence-electron chi connectivity index (χ4n) is 5.59. The molecule has 6 rings (SSSR count). The number of tetrazole rings is 1. The van der Waals surface area contributed by atoms with Gasteiger partial charge in [0.25, 0.3) is 0 Å². The van der Waals surface area contributed by atoms with E-state index in [2.05, 4.69) is 45.0 Å². The Bertz CT molecular complexity index is 1740. The van der Waals surface area contributed by atoms with Crippen LogP contribution in [0, 0.1) is 6.92 Å². The van der Waals surface area contributed by atoms with E-state index in [0.29, 0.717) is 35.8 Å². The highest BCUT2D eigenvalue weighted by molar-refractivity contribution is 6.01. The number of aryl methyl sites for hydroxylation is 1. The lowest BCUT2D eigenvalue weighted by Crippen LogP contribution is -2.46. The van der Waals surface area contributed by atoms with Crippen LogP contribution in [-0.2, 0) is 20.9 Å². The van der Waals surface area contributed by atoms with Gasteiger partial charge < -0.3 is 10.1 Å². The van der Waals surface area contributed by atoms with E-state index < -0.39 is 6.04 Å². The molecule has 2 aromatic heterocycles. The molecular weight excluding hydrogens is 558 g/mol. The fraction of sp³-hybridized carbons (Fsp3) is 0.344. The molecule has 0 saturated carbocycles.